The van der Waals surface area contributed by atoms with Gasteiger partial charge < -0.3 is 4.98 Å². The van der Waals surface area contributed by atoms with Gasteiger partial charge in [0.25, 0.3) is 0 Å². The number of para-hydroxylation sites is 1. The maximum absolute atomic E-state index is 12.4. The van der Waals surface area contributed by atoms with Crippen LogP contribution in [0.3, 0.4) is 0 Å². The van der Waals surface area contributed by atoms with Crippen LogP contribution in [0.1, 0.15) is 76.8 Å². The van der Waals surface area contributed by atoms with Gasteiger partial charge in [-0.15, -0.1) is 0 Å². The van der Waals surface area contributed by atoms with Gasteiger partial charge in [-0.3, -0.25) is 19.2 Å². The molecule has 1 N–H and O–H groups in total. The van der Waals surface area contributed by atoms with Crippen LogP contribution >= 0.6 is 0 Å². The fourth-order valence-corrected chi connectivity index (χ4v) is 4.31. The van der Waals surface area contributed by atoms with Crippen molar-refractivity contribution in [1.82, 2.24) is 4.98 Å². The van der Waals surface area contributed by atoms with E-state index in [-0.39, 0.29) is 0 Å². The molecule has 1 fully saturated rings. The van der Waals surface area contributed by atoms with Gasteiger partial charge in [-0.05, 0) is 70.9 Å². The second-order valence-corrected chi connectivity index (χ2v) is 9.43. The minimum absolute atomic E-state index is 0.405. The number of nitrogens with one attached hydrogen (secondary N) is 1. The molecule has 1 saturated carbocycles. The molecule has 34 heavy (non-hydrogen) atoms. The van der Waals surface area contributed by atoms with Crippen molar-refractivity contribution in [2.45, 2.75) is 72.1 Å². The normalized spacial score (nSPS) is 16.0. The summed E-state index contributed by atoms with van der Waals surface area (Å²) in [6.45, 7) is 8.56. The summed E-state index contributed by atoms with van der Waals surface area (Å²) in [7, 11) is 0. The lowest BCUT2D eigenvalue weighted by molar-refractivity contribution is -0.149. The molecule has 5 heteroatoms. The second kappa shape index (κ2) is 11.2. The monoisotopic (exact) mass is 459 g/mol. The standard InChI is InChI=1S/C29H33NO4/c1-18(2)8-5-9-19(3)10-6-11-20(4)14-15-21-12-7-13-22-23(17-30-27(21)22)26-28(33)24(31)16-25(32)29(26)34/h7-8,10,12-14,17,26,30H,5-6,9,11,15-16H2,1-4H3. The van der Waals surface area contributed by atoms with Crippen molar-refractivity contribution in [3.05, 3.63) is 70.5 Å². The van der Waals surface area contributed by atoms with Gasteiger partial charge in [0.05, 0.1) is 6.42 Å². The van der Waals surface area contributed by atoms with Gasteiger partial charge in [-0.2, -0.15) is 0 Å². The molecule has 1 aliphatic carbocycles. The molecule has 0 radical (unpaired) electrons. The lowest BCUT2D eigenvalue weighted by Gasteiger charge is -2.17. The Kier molecular flexibility index (Phi) is 8.32. The van der Waals surface area contributed by atoms with Crippen molar-refractivity contribution in [3.63, 3.8) is 0 Å². The van der Waals surface area contributed by atoms with Gasteiger partial charge in [-0.25, -0.2) is 0 Å². The Labute approximate surface area is 201 Å². The summed E-state index contributed by atoms with van der Waals surface area (Å²) in [6.07, 6.45) is 12.6. The van der Waals surface area contributed by atoms with Crippen LogP contribution in [-0.2, 0) is 25.6 Å². The van der Waals surface area contributed by atoms with Crippen LogP contribution in [0.5, 0.6) is 0 Å². The molecule has 0 bridgehead atoms. The fraction of sp³-hybridized carbons (Fsp3) is 0.379. The van der Waals surface area contributed by atoms with Crippen LogP contribution in [0.2, 0.25) is 0 Å². The molecule has 0 aliphatic heterocycles. The number of Topliss-reactive ketones (excluding diaryl/α,β-unsaturated/α-hetero) is 4. The highest BCUT2D eigenvalue weighted by Crippen LogP contribution is 2.32. The van der Waals surface area contributed by atoms with Crippen LogP contribution in [0.25, 0.3) is 10.9 Å². The number of carbonyl (C=O) groups excluding carboxylic acids is 4. The van der Waals surface area contributed by atoms with Crippen molar-refractivity contribution in [2.75, 3.05) is 0 Å². The molecule has 0 atom stereocenters. The van der Waals surface area contributed by atoms with Crippen LogP contribution in [0.15, 0.2) is 59.3 Å². The van der Waals surface area contributed by atoms with Gasteiger partial charge in [0.15, 0.2) is 0 Å². The van der Waals surface area contributed by atoms with Gasteiger partial charge in [0.1, 0.15) is 5.92 Å². The Balaban J connectivity index is 1.70. The minimum Gasteiger partial charge on any atom is -0.361 e. The van der Waals surface area contributed by atoms with Crippen molar-refractivity contribution in [2.24, 2.45) is 0 Å². The van der Waals surface area contributed by atoms with E-state index < -0.39 is 35.5 Å². The quantitative estimate of drug-likeness (QED) is 0.288. The fourth-order valence-electron chi connectivity index (χ4n) is 4.31. The molecule has 0 saturated heterocycles. The summed E-state index contributed by atoms with van der Waals surface area (Å²) < 4.78 is 0. The Morgan fingerprint density at radius 2 is 1.50 bits per heavy atom. The summed E-state index contributed by atoms with van der Waals surface area (Å²) in [4.78, 5) is 51.8. The van der Waals surface area contributed by atoms with Crippen molar-refractivity contribution < 1.29 is 19.2 Å². The predicted molar refractivity (Wildman–Crippen MR) is 135 cm³/mol. The molecule has 2 aromatic rings. The Bertz CT molecular complexity index is 1190. The Morgan fingerprint density at radius 3 is 2.15 bits per heavy atom. The molecule has 0 unspecified atom stereocenters. The minimum atomic E-state index is -1.33. The topological polar surface area (TPSA) is 84.1 Å². The number of aromatic amines is 1. The molecular formula is C29H33NO4. The highest BCUT2D eigenvalue weighted by molar-refractivity contribution is 6.61. The van der Waals surface area contributed by atoms with Gasteiger partial charge in [-0.1, -0.05) is 53.1 Å². The third-order valence-corrected chi connectivity index (χ3v) is 6.33. The zero-order chi connectivity index (χ0) is 24.8. The first-order valence-electron chi connectivity index (χ1n) is 11.9. The molecule has 0 spiro atoms. The number of hydrogen-bond acceptors (Lipinski definition) is 4. The number of benzene rings is 1. The molecule has 5 nitrogen and oxygen atoms in total. The molecule has 1 aromatic heterocycles. The number of fused-ring (bicyclic) bond motifs is 1. The Morgan fingerprint density at radius 1 is 0.882 bits per heavy atom. The molecular weight excluding hydrogens is 426 g/mol. The lowest BCUT2D eigenvalue weighted by Crippen LogP contribution is -2.40. The molecule has 1 aromatic carbocycles. The summed E-state index contributed by atoms with van der Waals surface area (Å²) in [5.74, 6) is -4.51. The zero-order valence-corrected chi connectivity index (χ0v) is 20.5. The van der Waals surface area contributed by atoms with Gasteiger partial charge in [0.2, 0.25) is 23.1 Å². The first-order valence-corrected chi connectivity index (χ1v) is 11.9. The van der Waals surface area contributed by atoms with E-state index in [0.29, 0.717) is 17.4 Å². The van der Waals surface area contributed by atoms with Crippen LogP contribution in [0.4, 0.5) is 0 Å². The number of hydrogen-bond donors (Lipinski definition) is 1. The average Bonchev–Trinajstić information content (AvgIpc) is 3.21. The number of carbonyl (C=O) groups is 4. The highest BCUT2D eigenvalue weighted by atomic mass is 16.2. The average molecular weight is 460 g/mol. The lowest BCUT2D eigenvalue weighted by atomic mass is 9.80. The summed E-state index contributed by atoms with van der Waals surface area (Å²) >= 11 is 0. The first-order chi connectivity index (χ1) is 16.2. The van der Waals surface area contributed by atoms with E-state index in [4.69, 9.17) is 0 Å². The molecule has 0 amide bonds. The van der Waals surface area contributed by atoms with E-state index >= 15 is 0 Å². The summed E-state index contributed by atoms with van der Waals surface area (Å²) in [6, 6.07) is 5.69. The third-order valence-electron chi connectivity index (χ3n) is 6.33. The third kappa shape index (κ3) is 5.96. The number of ketones is 4. The van der Waals surface area contributed by atoms with Gasteiger partial charge >= 0.3 is 0 Å². The van der Waals surface area contributed by atoms with E-state index in [1.54, 1.807) is 6.20 Å². The SMILES string of the molecule is CC(C)=CCCC(C)=CCCC(C)=CCc1cccc2c(C3C(=O)C(=O)CC(=O)C3=O)c[nH]c12. The number of allylic oxidation sites excluding steroid dienone is 6. The molecule has 178 valence electrons. The van der Waals surface area contributed by atoms with Crippen LogP contribution in [-0.4, -0.2) is 28.1 Å². The highest BCUT2D eigenvalue weighted by Gasteiger charge is 2.43. The maximum Gasteiger partial charge on any atom is 0.214 e. The van der Waals surface area contributed by atoms with Crippen molar-refractivity contribution in [1.29, 1.82) is 0 Å². The smallest absolute Gasteiger partial charge is 0.214 e. The number of H-pyrrole nitrogens is 1. The van der Waals surface area contributed by atoms with E-state index in [1.807, 2.05) is 18.2 Å². The zero-order valence-electron chi connectivity index (χ0n) is 20.5. The second-order valence-electron chi connectivity index (χ2n) is 9.43. The first kappa shape index (κ1) is 25.3. The van der Waals surface area contributed by atoms with Crippen LogP contribution in [0, 0.1) is 0 Å². The van der Waals surface area contributed by atoms with E-state index in [9.17, 15) is 19.2 Å². The molecule has 1 heterocycles. The maximum atomic E-state index is 12.4. The Hall–Kier alpha value is -3.34. The van der Waals surface area contributed by atoms with E-state index in [1.165, 1.54) is 16.7 Å². The summed E-state index contributed by atoms with van der Waals surface area (Å²) in [5, 5.41) is 0.702. The number of aromatic nitrogens is 1. The van der Waals surface area contributed by atoms with Crippen molar-refractivity contribution in [3.8, 4) is 0 Å². The largest absolute Gasteiger partial charge is 0.361 e. The van der Waals surface area contributed by atoms with E-state index in [2.05, 4.69) is 50.9 Å². The number of rotatable bonds is 9. The van der Waals surface area contributed by atoms with Crippen LogP contribution < -0.4 is 0 Å². The molecule has 3 rings (SSSR count). The van der Waals surface area contributed by atoms with Crippen molar-refractivity contribution >= 4 is 34.0 Å². The molecule has 1 aliphatic rings. The van der Waals surface area contributed by atoms with Gasteiger partial charge in [0, 0.05) is 17.1 Å². The predicted octanol–water partition coefficient (Wildman–Crippen LogP) is 5.89. The summed E-state index contributed by atoms with van der Waals surface area (Å²) in [5.41, 5.74) is 6.33. The van der Waals surface area contributed by atoms with E-state index in [0.717, 1.165) is 36.8 Å².